The molecule has 1 amide bonds. The molecule has 1 heterocycles. The molecule has 0 bridgehead atoms. The van der Waals surface area contributed by atoms with E-state index in [0.29, 0.717) is 5.92 Å². The zero-order valence-corrected chi connectivity index (χ0v) is 14.9. The number of thiazole rings is 1. The monoisotopic (exact) mass is 346 g/mol. The van der Waals surface area contributed by atoms with Crippen LogP contribution in [0.3, 0.4) is 0 Å². The number of nitrogens with one attached hydrogen (secondary N) is 1. The highest BCUT2D eigenvalue weighted by Gasteiger charge is 2.19. The Kier molecular flexibility index (Phi) is 6.09. The standard InChI is InChI=1S/C18H22N2O3S/c1-11(2)18-19-14(10-24-18)8-16(21)20-15(9-17(22)23)13-6-4-12(3)5-7-13/h4-7,10-11,15H,8-9H2,1-3H3,(H,20,21)(H,22,23)/t15-/m1/s1. The second kappa shape index (κ2) is 8.06. The van der Waals surface area contributed by atoms with Crippen LogP contribution in [0.25, 0.3) is 0 Å². The molecule has 0 spiro atoms. The van der Waals surface area contributed by atoms with Crippen LogP contribution in [0.15, 0.2) is 29.6 Å². The van der Waals surface area contributed by atoms with Crippen LogP contribution < -0.4 is 5.32 Å². The lowest BCUT2D eigenvalue weighted by Gasteiger charge is -2.17. The first-order valence-corrected chi connectivity index (χ1v) is 8.75. The van der Waals surface area contributed by atoms with Gasteiger partial charge in [-0.1, -0.05) is 43.7 Å². The number of hydrogen-bond acceptors (Lipinski definition) is 4. The maximum atomic E-state index is 12.3. The number of nitrogens with zero attached hydrogens (tertiary/aromatic N) is 1. The third-order valence-corrected chi connectivity index (χ3v) is 4.79. The van der Waals surface area contributed by atoms with Crippen LogP contribution in [-0.2, 0) is 16.0 Å². The van der Waals surface area contributed by atoms with E-state index in [0.717, 1.165) is 21.8 Å². The van der Waals surface area contributed by atoms with Crippen molar-refractivity contribution >= 4 is 23.2 Å². The first-order valence-electron chi connectivity index (χ1n) is 7.87. The highest BCUT2D eigenvalue weighted by molar-refractivity contribution is 7.09. The van der Waals surface area contributed by atoms with Gasteiger partial charge in [0.05, 0.1) is 29.6 Å². The van der Waals surface area contributed by atoms with Gasteiger partial charge in [0.2, 0.25) is 5.91 Å². The number of benzene rings is 1. The Hall–Kier alpha value is -2.21. The van der Waals surface area contributed by atoms with Crippen molar-refractivity contribution in [3.8, 4) is 0 Å². The molecule has 1 aromatic carbocycles. The van der Waals surface area contributed by atoms with E-state index in [2.05, 4.69) is 24.1 Å². The fraction of sp³-hybridized carbons (Fsp3) is 0.389. The zero-order chi connectivity index (χ0) is 17.7. The van der Waals surface area contributed by atoms with Crippen molar-refractivity contribution in [1.29, 1.82) is 0 Å². The lowest BCUT2D eigenvalue weighted by molar-refractivity contribution is -0.137. The topological polar surface area (TPSA) is 79.3 Å². The quantitative estimate of drug-likeness (QED) is 0.805. The van der Waals surface area contributed by atoms with Gasteiger partial charge < -0.3 is 10.4 Å². The molecule has 0 aliphatic rings. The van der Waals surface area contributed by atoms with Gasteiger partial charge in [0.1, 0.15) is 0 Å². The molecule has 0 radical (unpaired) electrons. The van der Waals surface area contributed by atoms with Crippen molar-refractivity contribution < 1.29 is 14.7 Å². The molecule has 0 unspecified atom stereocenters. The Balaban J connectivity index is 2.06. The molecule has 5 nitrogen and oxygen atoms in total. The number of carbonyl (C=O) groups is 2. The van der Waals surface area contributed by atoms with E-state index in [4.69, 9.17) is 5.11 Å². The van der Waals surface area contributed by atoms with Crippen LogP contribution in [0.2, 0.25) is 0 Å². The fourth-order valence-corrected chi connectivity index (χ4v) is 3.14. The van der Waals surface area contributed by atoms with Gasteiger partial charge in [0.25, 0.3) is 0 Å². The van der Waals surface area contributed by atoms with Crippen LogP contribution in [0.5, 0.6) is 0 Å². The number of carboxylic acids is 1. The smallest absolute Gasteiger partial charge is 0.305 e. The summed E-state index contributed by atoms with van der Waals surface area (Å²) in [5, 5.41) is 14.8. The molecule has 2 N–H and O–H groups in total. The lowest BCUT2D eigenvalue weighted by atomic mass is 10.0. The first kappa shape index (κ1) is 18.1. The van der Waals surface area contributed by atoms with Crippen LogP contribution in [0, 0.1) is 6.92 Å². The van der Waals surface area contributed by atoms with Gasteiger partial charge in [-0.25, -0.2) is 4.98 Å². The molecule has 128 valence electrons. The van der Waals surface area contributed by atoms with Gasteiger partial charge in [0, 0.05) is 11.3 Å². The molecule has 0 fully saturated rings. The number of aliphatic carboxylic acids is 1. The predicted octanol–water partition coefficient (Wildman–Crippen LogP) is 3.45. The number of carbonyl (C=O) groups excluding carboxylic acids is 1. The fourth-order valence-electron chi connectivity index (χ4n) is 2.30. The van der Waals surface area contributed by atoms with Crippen LogP contribution in [0.1, 0.15) is 54.1 Å². The van der Waals surface area contributed by atoms with Crippen molar-refractivity contribution in [1.82, 2.24) is 10.3 Å². The Labute approximate surface area is 145 Å². The molecule has 2 aromatic rings. The Morgan fingerprint density at radius 1 is 1.25 bits per heavy atom. The number of aromatic nitrogens is 1. The van der Waals surface area contributed by atoms with Crippen LogP contribution >= 0.6 is 11.3 Å². The number of hydrogen-bond donors (Lipinski definition) is 2. The molecule has 0 aliphatic carbocycles. The van der Waals surface area contributed by atoms with Gasteiger partial charge in [-0.3, -0.25) is 9.59 Å². The molecule has 24 heavy (non-hydrogen) atoms. The number of aryl methyl sites for hydroxylation is 1. The number of carboxylic acid groups (broad SMARTS) is 1. The van der Waals surface area contributed by atoms with E-state index >= 15 is 0 Å². The molecule has 0 saturated heterocycles. The summed E-state index contributed by atoms with van der Waals surface area (Å²) < 4.78 is 0. The van der Waals surface area contributed by atoms with E-state index in [-0.39, 0.29) is 18.7 Å². The average Bonchev–Trinajstić information content (AvgIpc) is 2.95. The molecule has 0 aliphatic heterocycles. The van der Waals surface area contributed by atoms with Gasteiger partial charge in [-0.2, -0.15) is 0 Å². The van der Waals surface area contributed by atoms with E-state index in [1.165, 1.54) is 0 Å². The van der Waals surface area contributed by atoms with Gasteiger partial charge in [-0.15, -0.1) is 11.3 Å². The Bertz CT molecular complexity index is 707. The summed E-state index contributed by atoms with van der Waals surface area (Å²) in [4.78, 5) is 27.8. The second-order valence-corrected chi connectivity index (χ2v) is 7.03. The minimum atomic E-state index is -0.948. The maximum Gasteiger partial charge on any atom is 0.305 e. The Morgan fingerprint density at radius 3 is 2.46 bits per heavy atom. The summed E-state index contributed by atoms with van der Waals surface area (Å²) in [5.74, 6) is -0.835. The molecule has 2 rings (SSSR count). The maximum absolute atomic E-state index is 12.3. The van der Waals surface area contributed by atoms with Gasteiger partial charge in [-0.05, 0) is 12.5 Å². The number of amides is 1. The highest BCUT2D eigenvalue weighted by atomic mass is 32.1. The molecule has 1 atom stereocenters. The molecule has 0 saturated carbocycles. The summed E-state index contributed by atoms with van der Waals surface area (Å²) in [6, 6.07) is 6.97. The highest BCUT2D eigenvalue weighted by Crippen LogP contribution is 2.21. The van der Waals surface area contributed by atoms with Crippen molar-refractivity contribution in [2.45, 2.75) is 45.6 Å². The van der Waals surface area contributed by atoms with Crippen LogP contribution in [0.4, 0.5) is 0 Å². The minimum absolute atomic E-state index is 0.150. The van der Waals surface area contributed by atoms with Crippen molar-refractivity contribution in [3.05, 3.63) is 51.5 Å². The normalized spacial score (nSPS) is 12.2. The average molecular weight is 346 g/mol. The summed E-state index contributed by atoms with van der Waals surface area (Å²) >= 11 is 1.54. The van der Waals surface area contributed by atoms with Crippen molar-refractivity contribution in [3.63, 3.8) is 0 Å². The largest absolute Gasteiger partial charge is 0.481 e. The third kappa shape index (κ3) is 5.16. The van der Waals surface area contributed by atoms with E-state index in [1.54, 1.807) is 11.3 Å². The predicted molar refractivity (Wildman–Crippen MR) is 94.2 cm³/mol. The van der Waals surface area contributed by atoms with Crippen molar-refractivity contribution in [2.75, 3.05) is 0 Å². The summed E-state index contributed by atoms with van der Waals surface area (Å²) in [6.07, 6.45) is 0.00824. The van der Waals surface area contributed by atoms with Crippen LogP contribution in [-0.4, -0.2) is 22.0 Å². The van der Waals surface area contributed by atoms with E-state index in [1.807, 2.05) is 36.6 Å². The second-order valence-electron chi connectivity index (χ2n) is 6.14. The summed E-state index contributed by atoms with van der Waals surface area (Å²) in [6.45, 7) is 6.08. The molecule has 6 heteroatoms. The van der Waals surface area contributed by atoms with E-state index in [9.17, 15) is 9.59 Å². The SMILES string of the molecule is Cc1ccc([C@@H](CC(=O)O)NC(=O)Cc2csc(C(C)C)n2)cc1. The number of rotatable bonds is 7. The third-order valence-electron chi connectivity index (χ3n) is 3.60. The first-order chi connectivity index (χ1) is 11.3. The summed E-state index contributed by atoms with van der Waals surface area (Å²) in [5.41, 5.74) is 2.60. The lowest BCUT2D eigenvalue weighted by Crippen LogP contribution is -2.31. The van der Waals surface area contributed by atoms with Gasteiger partial charge in [0.15, 0.2) is 0 Å². The minimum Gasteiger partial charge on any atom is -0.481 e. The molecular formula is C18H22N2O3S. The molecule has 1 aromatic heterocycles. The van der Waals surface area contributed by atoms with E-state index < -0.39 is 12.0 Å². The summed E-state index contributed by atoms with van der Waals surface area (Å²) in [7, 11) is 0. The van der Waals surface area contributed by atoms with Crippen molar-refractivity contribution in [2.24, 2.45) is 0 Å². The zero-order valence-electron chi connectivity index (χ0n) is 14.1. The molecular weight excluding hydrogens is 324 g/mol. The Morgan fingerprint density at radius 2 is 1.92 bits per heavy atom. The van der Waals surface area contributed by atoms with Gasteiger partial charge >= 0.3 is 5.97 Å².